The van der Waals surface area contributed by atoms with Crippen LogP contribution in [0.1, 0.15) is 36.3 Å². The topological polar surface area (TPSA) is 96.7 Å². The van der Waals surface area contributed by atoms with Crippen LogP contribution in [-0.4, -0.2) is 40.9 Å². The van der Waals surface area contributed by atoms with Gasteiger partial charge < -0.3 is 24.3 Å². The normalized spacial score (nSPS) is 21.7. The molecule has 2 aromatic heterocycles. The lowest BCUT2D eigenvalue weighted by molar-refractivity contribution is 0.106. The van der Waals surface area contributed by atoms with E-state index >= 15 is 0 Å². The van der Waals surface area contributed by atoms with E-state index in [1.165, 1.54) is 0 Å². The van der Waals surface area contributed by atoms with E-state index in [2.05, 4.69) is 25.4 Å². The summed E-state index contributed by atoms with van der Waals surface area (Å²) in [5.41, 5.74) is 3.79. The first-order valence-electron chi connectivity index (χ1n) is 10.7. The summed E-state index contributed by atoms with van der Waals surface area (Å²) in [7, 11) is 1.64. The van der Waals surface area contributed by atoms with Gasteiger partial charge in [-0.2, -0.15) is 4.98 Å². The van der Waals surface area contributed by atoms with Gasteiger partial charge in [-0.05, 0) is 54.7 Å². The molecule has 1 aliphatic heterocycles. The fourth-order valence-corrected chi connectivity index (χ4v) is 3.92. The summed E-state index contributed by atoms with van der Waals surface area (Å²) in [5.74, 6) is 3.42. The van der Waals surface area contributed by atoms with Crippen LogP contribution in [0.4, 0.5) is 0 Å². The van der Waals surface area contributed by atoms with Gasteiger partial charge >= 0.3 is 0 Å². The Hall–Kier alpha value is -3.23. The molecule has 5 rings (SSSR count). The lowest BCUT2D eigenvalue weighted by Crippen LogP contribution is -2.20. The summed E-state index contributed by atoms with van der Waals surface area (Å²) < 4.78 is 16.7. The van der Waals surface area contributed by atoms with E-state index in [0.717, 1.165) is 34.6 Å². The van der Waals surface area contributed by atoms with Crippen LogP contribution in [0, 0.1) is 5.92 Å². The molecule has 9 heteroatoms. The van der Waals surface area contributed by atoms with Crippen molar-refractivity contribution in [1.29, 1.82) is 0 Å². The smallest absolute Gasteiger partial charge is 0.257 e. The number of pyridine rings is 1. The standard InChI is InChI=1S/C24H23ClN5O3/c1-14-26-12-20(15-3-5-16(6-4-15)23-29-22(10-25)30-33-23)24(28-14)32-13-17-9-19(17)21-8-7-18(31-2)11-27-21/h3-8,11-12,17,19,24H,9-10,13H2,1-2H3/q-1/t17-,19?,24?/m1/s1. The number of methoxy groups -OCH3 is 1. The highest BCUT2D eigenvalue weighted by atomic mass is 35.5. The van der Waals surface area contributed by atoms with Crippen LogP contribution in [-0.2, 0) is 10.6 Å². The quantitative estimate of drug-likeness (QED) is 0.426. The highest BCUT2D eigenvalue weighted by molar-refractivity contribution is 6.16. The summed E-state index contributed by atoms with van der Waals surface area (Å²) in [4.78, 5) is 13.2. The lowest BCUT2D eigenvalue weighted by atomic mass is 10.0. The van der Waals surface area contributed by atoms with Crippen molar-refractivity contribution in [3.05, 3.63) is 71.2 Å². The third kappa shape index (κ3) is 4.77. The van der Waals surface area contributed by atoms with Crippen LogP contribution in [0.25, 0.3) is 22.3 Å². The van der Waals surface area contributed by atoms with Gasteiger partial charge in [0, 0.05) is 17.2 Å². The van der Waals surface area contributed by atoms with Crippen LogP contribution < -0.4 is 4.74 Å². The summed E-state index contributed by atoms with van der Waals surface area (Å²) >= 11 is 5.76. The second-order valence-corrected chi connectivity index (χ2v) is 8.29. The molecule has 3 atom stereocenters. The lowest BCUT2D eigenvalue weighted by Gasteiger charge is -2.33. The maximum Gasteiger partial charge on any atom is 0.257 e. The van der Waals surface area contributed by atoms with Crippen molar-refractivity contribution in [2.45, 2.75) is 31.4 Å². The van der Waals surface area contributed by atoms with Crippen molar-refractivity contribution >= 4 is 23.0 Å². The summed E-state index contributed by atoms with van der Waals surface area (Å²) in [6, 6.07) is 11.8. The fourth-order valence-electron chi connectivity index (χ4n) is 3.81. The summed E-state index contributed by atoms with van der Waals surface area (Å²) in [5, 5.41) is 8.46. The molecule has 2 aliphatic rings. The number of benzene rings is 1. The number of hydrogen-bond donors (Lipinski definition) is 0. The average Bonchev–Trinajstić information content (AvgIpc) is 3.48. The minimum Gasteiger partial charge on any atom is -0.495 e. The Kier molecular flexibility index (Phi) is 6.11. The summed E-state index contributed by atoms with van der Waals surface area (Å²) in [6.45, 7) is 2.48. The Morgan fingerprint density at radius 3 is 2.67 bits per heavy atom. The zero-order valence-electron chi connectivity index (χ0n) is 18.3. The molecule has 0 N–H and O–H groups in total. The molecule has 0 amide bonds. The second-order valence-electron chi connectivity index (χ2n) is 8.03. The number of alkyl halides is 1. The van der Waals surface area contributed by atoms with Gasteiger partial charge in [-0.15, -0.1) is 11.6 Å². The van der Waals surface area contributed by atoms with E-state index in [1.807, 2.05) is 49.5 Å². The Morgan fingerprint density at radius 2 is 1.97 bits per heavy atom. The second kappa shape index (κ2) is 9.33. The Labute approximate surface area is 196 Å². The minimum atomic E-state index is -0.398. The first-order valence-corrected chi connectivity index (χ1v) is 11.2. The van der Waals surface area contributed by atoms with Gasteiger partial charge in [0.05, 0.1) is 32.0 Å². The minimum absolute atomic E-state index is 0.211. The molecule has 0 spiro atoms. The third-order valence-corrected chi connectivity index (χ3v) is 6.02. The Morgan fingerprint density at radius 1 is 1.15 bits per heavy atom. The highest BCUT2D eigenvalue weighted by Gasteiger charge is 2.40. The van der Waals surface area contributed by atoms with Crippen LogP contribution in [0.15, 0.2) is 58.3 Å². The molecule has 1 aliphatic carbocycles. The maximum absolute atomic E-state index is 6.25. The molecule has 0 saturated heterocycles. The number of hydrogen-bond acceptors (Lipinski definition) is 7. The number of ether oxygens (including phenoxy) is 2. The van der Waals surface area contributed by atoms with Gasteiger partial charge in [0.1, 0.15) is 5.75 Å². The SMILES string of the molecule is COc1ccc(C2C[C@@H]2COC2[N-]C(C)=NC=C2c2ccc(-c3nc(CCl)no3)cc2)nc1. The summed E-state index contributed by atoms with van der Waals surface area (Å²) in [6.07, 6.45) is 4.25. The largest absolute Gasteiger partial charge is 0.495 e. The fraction of sp³-hybridized carbons (Fsp3) is 0.333. The van der Waals surface area contributed by atoms with Gasteiger partial charge in [-0.3, -0.25) is 4.98 Å². The number of aliphatic imine (C=N–C) groups is 1. The molecule has 3 heterocycles. The molecule has 1 saturated carbocycles. The zero-order chi connectivity index (χ0) is 22.8. The molecule has 0 bridgehead atoms. The molecule has 0 radical (unpaired) electrons. The molecule has 8 nitrogen and oxygen atoms in total. The van der Waals surface area contributed by atoms with Crippen molar-refractivity contribution in [1.82, 2.24) is 15.1 Å². The van der Waals surface area contributed by atoms with Crippen LogP contribution in [0.2, 0.25) is 0 Å². The van der Waals surface area contributed by atoms with E-state index in [1.54, 1.807) is 13.3 Å². The zero-order valence-corrected chi connectivity index (χ0v) is 19.1. The monoisotopic (exact) mass is 464 g/mol. The van der Waals surface area contributed by atoms with Crippen molar-refractivity contribution < 1.29 is 14.0 Å². The third-order valence-electron chi connectivity index (χ3n) is 5.78. The molecule has 2 unspecified atom stereocenters. The van der Waals surface area contributed by atoms with Crippen LogP contribution in [0.5, 0.6) is 5.75 Å². The van der Waals surface area contributed by atoms with Crippen molar-refractivity contribution in [2.75, 3.05) is 13.7 Å². The number of aromatic nitrogens is 3. The Balaban J connectivity index is 1.24. The molecule has 1 fully saturated rings. The first kappa shape index (κ1) is 21.6. The average molecular weight is 465 g/mol. The molecular weight excluding hydrogens is 442 g/mol. The van der Waals surface area contributed by atoms with Crippen molar-refractivity contribution in [2.24, 2.45) is 10.9 Å². The molecule has 33 heavy (non-hydrogen) atoms. The van der Waals surface area contributed by atoms with Crippen molar-refractivity contribution in [3.8, 4) is 17.2 Å². The van der Waals surface area contributed by atoms with Crippen molar-refractivity contribution in [3.63, 3.8) is 0 Å². The van der Waals surface area contributed by atoms with E-state index in [9.17, 15) is 0 Å². The van der Waals surface area contributed by atoms with E-state index in [0.29, 0.717) is 36.0 Å². The first-order chi connectivity index (χ1) is 16.1. The van der Waals surface area contributed by atoms with Gasteiger partial charge in [-0.1, -0.05) is 29.3 Å². The number of amidine groups is 1. The van der Waals surface area contributed by atoms with Gasteiger partial charge in [0.15, 0.2) is 5.82 Å². The predicted octanol–water partition coefficient (Wildman–Crippen LogP) is 5.17. The van der Waals surface area contributed by atoms with Gasteiger partial charge in [-0.25, -0.2) is 0 Å². The molecule has 1 aromatic carbocycles. The van der Waals surface area contributed by atoms with E-state index in [4.69, 9.17) is 25.6 Å². The van der Waals surface area contributed by atoms with Crippen LogP contribution >= 0.6 is 11.6 Å². The molecular formula is C24H23ClN5O3-. The van der Waals surface area contributed by atoms with E-state index in [-0.39, 0.29) is 5.88 Å². The predicted molar refractivity (Wildman–Crippen MR) is 125 cm³/mol. The Bertz CT molecular complexity index is 1170. The molecule has 3 aromatic rings. The number of rotatable bonds is 8. The number of nitrogens with zero attached hydrogens (tertiary/aromatic N) is 5. The number of halogens is 1. The highest BCUT2D eigenvalue weighted by Crippen LogP contribution is 2.47. The van der Waals surface area contributed by atoms with Crippen LogP contribution in [0.3, 0.4) is 0 Å². The van der Waals surface area contributed by atoms with E-state index < -0.39 is 6.23 Å². The molecule has 170 valence electrons. The van der Waals surface area contributed by atoms with Gasteiger partial charge in [0.25, 0.3) is 5.89 Å². The van der Waals surface area contributed by atoms with Gasteiger partial charge in [0.2, 0.25) is 0 Å². The maximum atomic E-state index is 6.25.